The van der Waals surface area contributed by atoms with Gasteiger partial charge in [-0.1, -0.05) is 6.07 Å². The van der Waals surface area contributed by atoms with Crippen LogP contribution >= 0.6 is 0 Å². The Bertz CT molecular complexity index is 796. The number of imidazole rings is 2. The van der Waals surface area contributed by atoms with Gasteiger partial charge in [0.2, 0.25) is 11.9 Å². The molecule has 2 aliphatic rings. The van der Waals surface area contributed by atoms with Gasteiger partial charge in [-0.25, -0.2) is 9.97 Å². The van der Waals surface area contributed by atoms with Crippen LogP contribution in [0.3, 0.4) is 0 Å². The average Bonchev–Trinajstić information content (AvgIpc) is 3.30. The van der Waals surface area contributed by atoms with Crippen molar-refractivity contribution in [2.45, 2.75) is 25.9 Å². The van der Waals surface area contributed by atoms with Gasteiger partial charge < -0.3 is 18.9 Å². The Morgan fingerprint density at radius 2 is 1.25 bits per heavy atom. The highest BCUT2D eigenvalue weighted by Gasteiger charge is 2.22. The van der Waals surface area contributed by atoms with Gasteiger partial charge >= 0.3 is 0 Å². The zero-order valence-corrected chi connectivity index (χ0v) is 13.5. The summed E-state index contributed by atoms with van der Waals surface area (Å²) in [6.45, 7) is 4.12. The lowest BCUT2D eigenvalue weighted by atomic mass is 10.2. The summed E-state index contributed by atoms with van der Waals surface area (Å²) >= 11 is 0. The number of anilines is 4. The first-order valence-corrected chi connectivity index (χ1v) is 8.57. The third-order valence-corrected chi connectivity index (χ3v) is 4.88. The summed E-state index contributed by atoms with van der Waals surface area (Å²) in [5.74, 6) is 2.08. The van der Waals surface area contributed by atoms with Gasteiger partial charge in [0.25, 0.3) is 0 Å². The van der Waals surface area contributed by atoms with E-state index in [0.29, 0.717) is 0 Å². The molecule has 1 aromatic carbocycles. The van der Waals surface area contributed by atoms with Gasteiger partial charge in [-0.05, 0) is 31.0 Å². The van der Waals surface area contributed by atoms with Crippen molar-refractivity contribution in [2.75, 3.05) is 22.9 Å². The van der Waals surface area contributed by atoms with E-state index >= 15 is 0 Å². The van der Waals surface area contributed by atoms with Crippen LogP contribution in [0.1, 0.15) is 12.8 Å². The van der Waals surface area contributed by atoms with Gasteiger partial charge in [0.05, 0.1) is 0 Å². The summed E-state index contributed by atoms with van der Waals surface area (Å²) in [5.41, 5.74) is 2.40. The van der Waals surface area contributed by atoms with Crippen LogP contribution in [0.2, 0.25) is 0 Å². The fraction of sp³-hybridized carbons (Fsp3) is 0.333. The normalized spacial score (nSPS) is 16.8. The number of rotatable bonds is 2. The van der Waals surface area contributed by atoms with Crippen LogP contribution < -0.4 is 9.80 Å². The number of aryl methyl sites for hydroxylation is 2. The SMILES string of the molecule is c1cc(N2CCCn3ccnc32)cc(N2CCCn3ccnc32)c1. The molecular formula is C18H20N6. The quantitative estimate of drug-likeness (QED) is 0.727. The van der Waals surface area contributed by atoms with Crippen LogP contribution in [0.5, 0.6) is 0 Å². The van der Waals surface area contributed by atoms with E-state index in [4.69, 9.17) is 0 Å². The van der Waals surface area contributed by atoms with Crippen molar-refractivity contribution in [3.05, 3.63) is 49.1 Å². The molecule has 0 spiro atoms. The van der Waals surface area contributed by atoms with E-state index in [2.05, 4.69) is 65.6 Å². The van der Waals surface area contributed by atoms with E-state index in [1.807, 2.05) is 12.4 Å². The first-order chi connectivity index (χ1) is 11.9. The van der Waals surface area contributed by atoms with E-state index < -0.39 is 0 Å². The third-order valence-electron chi connectivity index (χ3n) is 4.88. The molecule has 0 amide bonds. The van der Waals surface area contributed by atoms with Crippen molar-refractivity contribution < 1.29 is 0 Å². The minimum Gasteiger partial charge on any atom is -0.317 e. The Balaban J connectivity index is 1.53. The minimum absolute atomic E-state index is 1.01. The average molecular weight is 320 g/mol. The maximum Gasteiger partial charge on any atom is 0.210 e. The van der Waals surface area contributed by atoms with E-state index in [-0.39, 0.29) is 0 Å². The maximum absolute atomic E-state index is 4.54. The number of hydrogen-bond acceptors (Lipinski definition) is 4. The monoisotopic (exact) mass is 320 g/mol. The molecule has 4 heterocycles. The van der Waals surface area contributed by atoms with Crippen molar-refractivity contribution in [2.24, 2.45) is 0 Å². The maximum atomic E-state index is 4.54. The first-order valence-electron chi connectivity index (χ1n) is 8.57. The first kappa shape index (κ1) is 13.7. The lowest BCUT2D eigenvalue weighted by Gasteiger charge is -2.32. The highest BCUT2D eigenvalue weighted by atomic mass is 15.3. The summed E-state index contributed by atoms with van der Waals surface area (Å²) < 4.78 is 4.45. The second kappa shape index (κ2) is 5.40. The molecule has 5 rings (SSSR count). The Labute approximate surface area is 141 Å². The Morgan fingerprint density at radius 3 is 1.79 bits per heavy atom. The molecule has 0 saturated carbocycles. The molecule has 2 aliphatic heterocycles. The number of aromatic nitrogens is 4. The Kier molecular flexibility index (Phi) is 3.07. The smallest absolute Gasteiger partial charge is 0.210 e. The second-order valence-corrected chi connectivity index (χ2v) is 6.37. The molecule has 0 N–H and O–H groups in total. The standard InChI is InChI=1S/C18H20N6/c1-4-15(23-10-2-8-21-12-6-19-17(21)23)14-16(5-1)24-11-3-9-22-13-7-20-18(22)24/h1,4-7,12-14H,2-3,8-11H2. The summed E-state index contributed by atoms with van der Waals surface area (Å²) in [6, 6.07) is 8.73. The molecule has 3 aromatic rings. The Morgan fingerprint density at radius 1 is 0.708 bits per heavy atom. The fourth-order valence-electron chi connectivity index (χ4n) is 3.76. The van der Waals surface area contributed by atoms with Crippen LogP contribution in [0, 0.1) is 0 Å². The highest BCUT2D eigenvalue weighted by molar-refractivity contribution is 5.68. The zero-order chi connectivity index (χ0) is 15.9. The van der Waals surface area contributed by atoms with Crippen molar-refractivity contribution in [3.8, 4) is 0 Å². The van der Waals surface area contributed by atoms with E-state index in [9.17, 15) is 0 Å². The highest BCUT2D eigenvalue weighted by Crippen LogP contribution is 2.33. The third kappa shape index (κ3) is 2.10. The molecule has 6 heteroatoms. The lowest BCUT2D eigenvalue weighted by Crippen LogP contribution is -2.29. The van der Waals surface area contributed by atoms with Crippen molar-refractivity contribution in [3.63, 3.8) is 0 Å². The molecular weight excluding hydrogens is 300 g/mol. The van der Waals surface area contributed by atoms with Crippen molar-refractivity contribution >= 4 is 23.3 Å². The predicted octanol–water partition coefficient (Wildman–Crippen LogP) is 3.16. The van der Waals surface area contributed by atoms with Gasteiger partial charge in [-0.3, -0.25) is 0 Å². The van der Waals surface area contributed by atoms with Gasteiger partial charge in [-0.15, -0.1) is 0 Å². The van der Waals surface area contributed by atoms with Crippen LogP contribution in [0.25, 0.3) is 0 Å². The van der Waals surface area contributed by atoms with Crippen LogP contribution in [-0.4, -0.2) is 32.2 Å². The fourth-order valence-corrected chi connectivity index (χ4v) is 3.76. The summed E-state index contributed by atoms with van der Waals surface area (Å²) in [6.07, 6.45) is 10.2. The number of fused-ring (bicyclic) bond motifs is 2. The Hall–Kier alpha value is -2.76. The van der Waals surface area contributed by atoms with Crippen LogP contribution in [0.15, 0.2) is 49.1 Å². The largest absolute Gasteiger partial charge is 0.317 e. The molecule has 0 saturated heterocycles. The molecule has 0 atom stereocenters. The minimum atomic E-state index is 1.01. The van der Waals surface area contributed by atoms with Crippen LogP contribution in [0.4, 0.5) is 23.3 Å². The molecule has 0 aliphatic carbocycles. The molecule has 2 aromatic heterocycles. The van der Waals surface area contributed by atoms with Gasteiger partial charge in [0.15, 0.2) is 0 Å². The predicted molar refractivity (Wildman–Crippen MR) is 94.1 cm³/mol. The molecule has 0 fully saturated rings. The van der Waals surface area contributed by atoms with Crippen LogP contribution in [-0.2, 0) is 13.1 Å². The second-order valence-electron chi connectivity index (χ2n) is 6.37. The topological polar surface area (TPSA) is 42.1 Å². The van der Waals surface area contributed by atoms with Gasteiger partial charge in [-0.2, -0.15) is 0 Å². The number of benzene rings is 1. The number of nitrogens with zero attached hydrogens (tertiary/aromatic N) is 6. The summed E-state index contributed by atoms with van der Waals surface area (Å²) in [4.78, 5) is 13.7. The summed E-state index contributed by atoms with van der Waals surface area (Å²) in [5, 5.41) is 0. The summed E-state index contributed by atoms with van der Waals surface area (Å²) in [7, 11) is 0. The molecule has 0 unspecified atom stereocenters. The van der Waals surface area contributed by atoms with Gasteiger partial charge in [0, 0.05) is 62.3 Å². The van der Waals surface area contributed by atoms with E-state index in [0.717, 1.165) is 50.9 Å². The van der Waals surface area contributed by atoms with Crippen molar-refractivity contribution in [1.82, 2.24) is 19.1 Å². The molecule has 24 heavy (non-hydrogen) atoms. The van der Waals surface area contributed by atoms with E-state index in [1.165, 1.54) is 11.4 Å². The van der Waals surface area contributed by atoms with E-state index in [1.54, 1.807) is 0 Å². The van der Waals surface area contributed by atoms with Gasteiger partial charge in [0.1, 0.15) is 0 Å². The molecule has 122 valence electrons. The molecule has 6 nitrogen and oxygen atoms in total. The number of hydrogen-bond donors (Lipinski definition) is 0. The molecule has 0 radical (unpaired) electrons. The molecule has 0 bridgehead atoms. The zero-order valence-electron chi connectivity index (χ0n) is 13.5. The lowest BCUT2D eigenvalue weighted by molar-refractivity contribution is 0.588. The van der Waals surface area contributed by atoms with Crippen molar-refractivity contribution in [1.29, 1.82) is 0 Å².